The van der Waals surface area contributed by atoms with Crippen LogP contribution in [0.4, 0.5) is 5.95 Å². The van der Waals surface area contributed by atoms with Crippen molar-refractivity contribution in [2.45, 2.75) is 17.6 Å². The van der Waals surface area contributed by atoms with Gasteiger partial charge in [-0.25, -0.2) is 15.0 Å². The van der Waals surface area contributed by atoms with E-state index in [1.165, 1.54) is 0 Å². The van der Waals surface area contributed by atoms with E-state index in [2.05, 4.69) is 31.0 Å². The molecule has 0 saturated heterocycles. The van der Waals surface area contributed by atoms with Gasteiger partial charge in [-0.3, -0.25) is 4.79 Å². The molecule has 0 unspecified atom stereocenters. The van der Waals surface area contributed by atoms with Gasteiger partial charge in [-0.1, -0.05) is 0 Å². The number of benzene rings is 1. The lowest BCUT2D eigenvalue weighted by Gasteiger charge is -2.07. The van der Waals surface area contributed by atoms with Crippen molar-refractivity contribution < 1.29 is 4.79 Å². The van der Waals surface area contributed by atoms with Crippen LogP contribution in [0.15, 0.2) is 53.0 Å². The maximum absolute atomic E-state index is 12.2. The summed E-state index contributed by atoms with van der Waals surface area (Å²) in [5.74, 6) is 1.30. The van der Waals surface area contributed by atoms with Crippen LogP contribution in [-0.2, 0) is 5.75 Å². The summed E-state index contributed by atoms with van der Waals surface area (Å²) in [5.41, 5.74) is 1.74. The van der Waals surface area contributed by atoms with Gasteiger partial charge in [0.15, 0.2) is 0 Å². The summed E-state index contributed by atoms with van der Waals surface area (Å²) in [6.45, 7) is 3.07. The van der Waals surface area contributed by atoms with Crippen LogP contribution in [0.3, 0.4) is 0 Å². The molecule has 0 radical (unpaired) electrons. The van der Waals surface area contributed by atoms with E-state index < -0.39 is 0 Å². The lowest BCUT2D eigenvalue weighted by molar-refractivity contribution is 0.0955. The van der Waals surface area contributed by atoms with Crippen LogP contribution in [-0.4, -0.2) is 33.9 Å². The van der Waals surface area contributed by atoms with E-state index in [-0.39, 0.29) is 5.91 Å². The van der Waals surface area contributed by atoms with Crippen molar-refractivity contribution >= 4 is 35.0 Å². The van der Waals surface area contributed by atoms with Crippen molar-refractivity contribution in [3.63, 3.8) is 0 Å². The van der Waals surface area contributed by atoms with E-state index >= 15 is 0 Å². The van der Waals surface area contributed by atoms with Crippen LogP contribution in [0, 0.1) is 6.92 Å². The molecule has 0 fully saturated rings. The number of rotatable bonds is 8. The molecule has 2 N–H and O–H groups in total. The van der Waals surface area contributed by atoms with Crippen LogP contribution in [0.2, 0.25) is 0 Å². The third kappa shape index (κ3) is 5.53. The smallest absolute Gasteiger partial charge is 0.251 e. The number of aryl methyl sites for hydroxylation is 1. The molecule has 2 aromatic heterocycles. The number of hydrogen-bond donors (Lipinski definition) is 2. The first-order valence-corrected chi connectivity index (χ1v) is 10.0. The fraction of sp³-hybridized carbons (Fsp3) is 0.222. The summed E-state index contributed by atoms with van der Waals surface area (Å²) in [7, 11) is 0. The normalized spacial score (nSPS) is 10.5. The predicted molar refractivity (Wildman–Crippen MR) is 106 cm³/mol. The molecule has 1 aromatic carbocycles. The summed E-state index contributed by atoms with van der Waals surface area (Å²) in [6, 6.07) is 9.38. The standard InChI is InChI=1S/C18H19N5OS2/c1-13-23-15(11-25-13)12-26-16-5-3-14(4-6-16)17(24)19-9-10-22-18-20-7-2-8-21-18/h2-8,11H,9-10,12H2,1H3,(H,19,24)(H,20,21,22). The molecular weight excluding hydrogens is 366 g/mol. The molecule has 26 heavy (non-hydrogen) atoms. The number of nitrogens with zero attached hydrogens (tertiary/aromatic N) is 3. The number of hydrogen-bond acceptors (Lipinski definition) is 7. The predicted octanol–water partition coefficient (Wildman–Crippen LogP) is 3.38. The number of carbonyl (C=O) groups excluding carboxylic acids is 1. The Bertz CT molecular complexity index is 836. The van der Waals surface area contributed by atoms with Gasteiger partial charge in [0.05, 0.1) is 10.7 Å². The van der Waals surface area contributed by atoms with Gasteiger partial charge in [-0.2, -0.15) is 0 Å². The first kappa shape index (κ1) is 18.3. The molecular formula is C18H19N5OS2. The Morgan fingerprint density at radius 1 is 1.15 bits per heavy atom. The Morgan fingerprint density at radius 3 is 2.62 bits per heavy atom. The lowest BCUT2D eigenvalue weighted by atomic mass is 10.2. The number of amides is 1. The van der Waals surface area contributed by atoms with Crippen LogP contribution in [0.5, 0.6) is 0 Å². The van der Waals surface area contributed by atoms with Crippen LogP contribution in [0.25, 0.3) is 0 Å². The number of carbonyl (C=O) groups is 1. The average molecular weight is 386 g/mol. The van der Waals surface area contributed by atoms with E-state index in [9.17, 15) is 4.79 Å². The second-order valence-electron chi connectivity index (χ2n) is 5.43. The van der Waals surface area contributed by atoms with Crippen molar-refractivity contribution in [3.05, 3.63) is 64.4 Å². The van der Waals surface area contributed by atoms with Gasteiger partial charge >= 0.3 is 0 Å². The minimum Gasteiger partial charge on any atom is -0.352 e. The molecule has 2 heterocycles. The zero-order valence-electron chi connectivity index (χ0n) is 14.3. The Kier molecular flexibility index (Phi) is 6.56. The largest absolute Gasteiger partial charge is 0.352 e. The molecule has 8 heteroatoms. The quantitative estimate of drug-likeness (QED) is 0.457. The van der Waals surface area contributed by atoms with E-state index in [4.69, 9.17) is 0 Å². The summed E-state index contributed by atoms with van der Waals surface area (Å²) >= 11 is 3.38. The summed E-state index contributed by atoms with van der Waals surface area (Å²) in [4.78, 5) is 25.9. The van der Waals surface area contributed by atoms with Crippen LogP contribution < -0.4 is 10.6 Å². The van der Waals surface area contributed by atoms with Gasteiger partial charge in [0.1, 0.15) is 0 Å². The van der Waals surface area contributed by atoms with Crippen molar-refractivity contribution in [1.82, 2.24) is 20.3 Å². The molecule has 0 spiro atoms. The Labute approximate surface area is 160 Å². The molecule has 0 aliphatic heterocycles. The molecule has 134 valence electrons. The van der Waals surface area contributed by atoms with Gasteiger partial charge in [0.25, 0.3) is 5.91 Å². The Balaban J connectivity index is 1.41. The monoisotopic (exact) mass is 385 g/mol. The molecule has 1 amide bonds. The Hall–Kier alpha value is -2.45. The van der Waals surface area contributed by atoms with Crippen LogP contribution in [0.1, 0.15) is 21.1 Å². The fourth-order valence-corrected chi connectivity index (χ4v) is 3.69. The highest BCUT2D eigenvalue weighted by Gasteiger charge is 2.06. The molecule has 0 aliphatic carbocycles. The number of aromatic nitrogens is 3. The van der Waals surface area contributed by atoms with Crippen molar-refractivity contribution in [1.29, 1.82) is 0 Å². The SMILES string of the molecule is Cc1nc(CSc2ccc(C(=O)NCCNc3ncccn3)cc2)cs1. The molecule has 6 nitrogen and oxygen atoms in total. The first-order valence-electron chi connectivity index (χ1n) is 8.13. The van der Waals surface area contributed by atoms with Crippen molar-refractivity contribution in [2.24, 2.45) is 0 Å². The van der Waals surface area contributed by atoms with Crippen molar-refractivity contribution in [2.75, 3.05) is 18.4 Å². The maximum atomic E-state index is 12.2. The number of thioether (sulfide) groups is 1. The Morgan fingerprint density at radius 2 is 1.92 bits per heavy atom. The third-order valence-corrected chi connectivity index (χ3v) is 5.30. The highest BCUT2D eigenvalue weighted by Crippen LogP contribution is 2.23. The van der Waals surface area contributed by atoms with Gasteiger partial charge in [0.2, 0.25) is 5.95 Å². The molecule has 3 aromatic rings. The van der Waals surface area contributed by atoms with E-state index in [1.54, 1.807) is 41.6 Å². The number of nitrogens with one attached hydrogen (secondary N) is 2. The fourth-order valence-electron chi connectivity index (χ4n) is 2.18. The first-order chi connectivity index (χ1) is 12.7. The van der Waals surface area contributed by atoms with E-state index in [0.29, 0.717) is 24.6 Å². The average Bonchev–Trinajstić information content (AvgIpc) is 3.10. The highest BCUT2D eigenvalue weighted by atomic mass is 32.2. The maximum Gasteiger partial charge on any atom is 0.251 e. The summed E-state index contributed by atoms with van der Waals surface area (Å²) in [6.07, 6.45) is 3.34. The third-order valence-electron chi connectivity index (χ3n) is 3.43. The topological polar surface area (TPSA) is 79.8 Å². The molecule has 0 atom stereocenters. The molecule has 3 rings (SSSR count). The second-order valence-corrected chi connectivity index (χ2v) is 7.54. The summed E-state index contributed by atoms with van der Waals surface area (Å²) in [5, 5.41) is 9.09. The number of anilines is 1. The van der Waals surface area contributed by atoms with Gasteiger partial charge in [-0.05, 0) is 37.3 Å². The van der Waals surface area contributed by atoms with Gasteiger partial charge in [0, 0.05) is 47.1 Å². The van der Waals surface area contributed by atoms with E-state index in [1.807, 2.05) is 31.2 Å². The molecule has 0 saturated carbocycles. The second kappa shape index (κ2) is 9.30. The minimum absolute atomic E-state index is 0.0903. The van der Waals surface area contributed by atoms with Gasteiger partial charge < -0.3 is 10.6 Å². The van der Waals surface area contributed by atoms with E-state index in [0.717, 1.165) is 21.3 Å². The minimum atomic E-state index is -0.0903. The number of thiazole rings is 1. The lowest BCUT2D eigenvalue weighted by Crippen LogP contribution is -2.29. The van der Waals surface area contributed by atoms with Crippen molar-refractivity contribution in [3.8, 4) is 0 Å². The van der Waals surface area contributed by atoms with Gasteiger partial charge in [-0.15, -0.1) is 23.1 Å². The zero-order chi connectivity index (χ0) is 18.2. The summed E-state index contributed by atoms with van der Waals surface area (Å²) < 4.78 is 0. The molecule has 0 aliphatic rings. The highest BCUT2D eigenvalue weighted by molar-refractivity contribution is 7.98. The zero-order valence-corrected chi connectivity index (χ0v) is 15.9. The van der Waals surface area contributed by atoms with Crippen LogP contribution >= 0.6 is 23.1 Å². The molecule has 0 bridgehead atoms.